The number of nitrogens with one attached hydrogen (secondary N) is 1. The van der Waals surface area contributed by atoms with Gasteiger partial charge in [-0.15, -0.1) is 5.10 Å². The lowest BCUT2D eigenvalue weighted by Crippen LogP contribution is -2.50. The van der Waals surface area contributed by atoms with E-state index in [4.69, 9.17) is 9.47 Å². The molecule has 38 heavy (non-hydrogen) atoms. The molecule has 4 aromatic rings. The van der Waals surface area contributed by atoms with Gasteiger partial charge in [0.25, 0.3) is 0 Å². The van der Waals surface area contributed by atoms with Gasteiger partial charge in [0.2, 0.25) is 11.8 Å². The summed E-state index contributed by atoms with van der Waals surface area (Å²) in [4.78, 5) is 29.7. The third kappa shape index (κ3) is 5.77. The number of hydrogen-bond acceptors (Lipinski definition) is 6. The molecule has 0 fully saturated rings. The zero-order valence-corrected chi connectivity index (χ0v) is 22.6. The van der Waals surface area contributed by atoms with Gasteiger partial charge in [0.15, 0.2) is 0 Å². The third-order valence-electron chi connectivity index (χ3n) is 5.98. The molecule has 0 aliphatic carbocycles. The van der Waals surface area contributed by atoms with Crippen molar-refractivity contribution < 1.29 is 19.1 Å². The summed E-state index contributed by atoms with van der Waals surface area (Å²) in [7, 11) is 3.10. The molecule has 0 bridgehead atoms. The molecule has 9 heteroatoms. The fourth-order valence-electron chi connectivity index (χ4n) is 4.31. The number of fused-ring (bicyclic) bond motifs is 1. The van der Waals surface area contributed by atoms with Crippen LogP contribution in [0, 0.1) is 6.92 Å². The lowest BCUT2D eigenvalue weighted by molar-refractivity contribution is -0.128. The molecule has 1 unspecified atom stereocenters. The van der Waals surface area contributed by atoms with Crippen LogP contribution in [-0.2, 0) is 16.1 Å². The highest BCUT2D eigenvalue weighted by Gasteiger charge is 2.36. The Morgan fingerprint density at radius 2 is 1.76 bits per heavy atom. The van der Waals surface area contributed by atoms with Gasteiger partial charge in [-0.25, -0.2) is 4.68 Å². The topological polar surface area (TPSA) is 98.6 Å². The quantitative estimate of drug-likeness (QED) is 0.372. The molecule has 0 spiro atoms. The first-order valence-electron chi connectivity index (χ1n) is 12.3. The molecule has 2 amide bonds. The molecule has 0 aliphatic rings. The monoisotopic (exact) mass is 515 g/mol. The van der Waals surface area contributed by atoms with Gasteiger partial charge in [-0.3, -0.25) is 14.5 Å². The second-order valence-electron chi connectivity index (χ2n) is 10.1. The molecule has 4 rings (SSSR count). The van der Waals surface area contributed by atoms with Crippen molar-refractivity contribution in [3.63, 3.8) is 0 Å². The molecule has 0 saturated heterocycles. The van der Waals surface area contributed by atoms with E-state index in [-0.39, 0.29) is 18.4 Å². The molecule has 3 aromatic carbocycles. The highest BCUT2D eigenvalue weighted by Crippen LogP contribution is 2.37. The third-order valence-corrected chi connectivity index (χ3v) is 5.98. The first-order valence-corrected chi connectivity index (χ1v) is 12.3. The van der Waals surface area contributed by atoms with Gasteiger partial charge in [-0.1, -0.05) is 35.5 Å². The van der Waals surface area contributed by atoms with E-state index >= 15 is 0 Å². The van der Waals surface area contributed by atoms with Crippen LogP contribution in [0.4, 0.5) is 5.69 Å². The molecule has 0 aliphatic heterocycles. The van der Waals surface area contributed by atoms with E-state index in [0.29, 0.717) is 33.8 Å². The molecule has 0 saturated carbocycles. The van der Waals surface area contributed by atoms with E-state index in [1.165, 1.54) is 16.7 Å². The summed E-state index contributed by atoms with van der Waals surface area (Å²) in [6.45, 7) is 7.48. The van der Waals surface area contributed by atoms with Gasteiger partial charge in [-0.05, 0) is 75.2 Å². The Balaban J connectivity index is 1.90. The van der Waals surface area contributed by atoms with Crippen molar-refractivity contribution in [3.8, 4) is 11.5 Å². The molecular formula is C29H33N5O4. The summed E-state index contributed by atoms with van der Waals surface area (Å²) in [6, 6.07) is 19.1. The van der Waals surface area contributed by atoms with Gasteiger partial charge in [0, 0.05) is 5.54 Å². The minimum absolute atomic E-state index is 0.138. The summed E-state index contributed by atoms with van der Waals surface area (Å²) < 4.78 is 12.6. The van der Waals surface area contributed by atoms with Gasteiger partial charge in [-0.2, -0.15) is 0 Å². The van der Waals surface area contributed by atoms with Crippen molar-refractivity contribution in [2.75, 3.05) is 19.1 Å². The number of aromatic nitrogens is 3. The summed E-state index contributed by atoms with van der Waals surface area (Å²) >= 11 is 0. The lowest BCUT2D eigenvalue weighted by Gasteiger charge is -2.34. The van der Waals surface area contributed by atoms with Crippen LogP contribution in [0.25, 0.3) is 11.0 Å². The minimum Gasteiger partial charge on any atom is -0.497 e. The number of carbonyl (C=O) groups excluding carboxylic acids is 2. The summed E-state index contributed by atoms with van der Waals surface area (Å²) in [5, 5.41) is 11.4. The number of aryl methyl sites for hydroxylation is 1. The number of amides is 2. The smallest absolute Gasteiger partial charge is 0.249 e. The van der Waals surface area contributed by atoms with Crippen LogP contribution in [0.2, 0.25) is 0 Å². The van der Waals surface area contributed by atoms with Crippen LogP contribution < -0.4 is 19.7 Å². The Morgan fingerprint density at radius 3 is 2.47 bits per heavy atom. The van der Waals surface area contributed by atoms with Crippen LogP contribution >= 0.6 is 0 Å². The number of carbonyl (C=O) groups is 2. The molecule has 1 heterocycles. The lowest BCUT2D eigenvalue weighted by atomic mass is 10.00. The molecule has 0 radical (unpaired) electrons. The van der Waals surface area contributed by atoms with Crippen LogP contribution in [0.3, 0.4) is 0 Å². The van der Waals surface area contributed by atoms with Crippen molar-refractivity contribution >= 4 is 28.5 Å². The van der Waals surface area contributed by atoms with Gasteiger partial charge in [0.1, 0.15) is 29.6 Å². The van der Waals surface area contributed by atoms with Crippen molar-refractivity contribution in [1.29, 1.82) is 0 Å². The summed E-state index contributed by atoms with van der Waals surface area (Å²) in [5.74, 6) is 0.332. The van der Waals surface area contributed by atoms with E-state index in [1.807, 2.05) is 70.2 Å². The van der Waals surface area contributed by atoms with Gasteiger partial charge in [0.05, 0.1) is 25.4 Å². The number of hydrogen-bond donors (Lipinski definition) is 1. The number of anilines is 1. The van der Waals surface area contributed by atoms with E-state index in [0.717, 1.165) is 5.56 Å². The van der Waals surface area contributed by atoms with Gasteiger partial charge >= 0.3 is 0 Å². The zero-order chi connectivity index (χ0) is 27.4. The molecule has 1 atom stereocenters. The molecular weight excluding hydrogens is 482 g/mol. The number of para-hydroxylation sites is 1. The molecule has 1 N–H and O–H groups in total. The average Bonchev–Trinajstić information content (AvgIpc) is 3.28. The number of ether oxygens (including phenoxy) is 2. The van der Waals surface area contributed by atoms with E-state index in [2.05, 4.69) is 15.6 Å². The maximum absolute atomic E-state index is 14.2. The predicted molar refractivity (Wildman–Crippen MR) is 146 cm³/mol. The Morgan fingerprint density at radius 1 is 1.00 bits per heavy atom. The first kappa shape index (κ1) is 26.7. The number of rotatable bonds is 8. The van der Waals surface area contributed by atoms with E-state index in [9.17, 15) is 9.59 Å². The Kier molecular flexibility index (Phi) is 7.66. The normalized spacial score (nSPS) is 12.2. The Labute approximate surface area is 222 Å². The SMILES string of the molecule is COc1cccc(C(C(=O)NC(C)(C)C)N(C(=O)Cn2nnc3ccccc32)c2cc(C)ccc2OC)c1. The van der Waals surface area contributed by atoms with Crippen molar-refractivity contribution in [2.45, 2.75) is 45.8 Å². The number of benzene rings is 3. The Bertz CT molecular complexity index is 1460. The maximum Gasteiger partial charge on any atom is 0.249 e. The molecule has 198 valence electrons. The van der Waals surface area contributed by atoms with Crippen molar-refractivity contribution in [3.05, 3.63) is 77.9 Å². The fourth-order valence-corrected chi connectivity index (χ4v) is 4.31. The second-order valence-corrected chi connectivity index (χ2v) is 10.1. The standard InChI is InChI=1S/C29H33N5O4/c1-19-14-15-25(38-6)24(16-19)34(26(35)18-33-23-13-8-7-12-22(23)31-32-33)27(28(36)30-29(2,3)4)20-10-9-11-21(17-20)37-5/h7-17,27H,18H2,1-6H3,(H,30,36). The van der Waals surface area contributed by atoms with E-state index in [1.54, 1.807) is 31.4 Å². The molecule has 9 nitrogen and oxygen atoms in total. The largest absolute Gasteiger partial charge is 0.497 e. The first-order chi connectivity index (χ1) is 18.1. The van der Waals surface area contributed by atoms with Crippen LogP contribution in [0.1, 0.15) is 37.9 Å². The van der Waals surface area contributed by atoms with Gasteiger partial charge < -0.3 is 14.8 Å². The average molecular weight is 516 g/mol. The summed E-state index contributed by atoms with van der Waals surface area (Å²) in [5.41, 5.74) is 2.82. The molecule has 1 aromatic heterocycles. The van der Waals surface area contributed by atoms with Crippen molar-refractivity contribution in [2.24, 2.45) is 0 Å². The highest BCUT2D eigenvalue weighted by molar-refractivity contribution is 6.02. The van der Waals surface area contributed by atoms with Crippen LogP contribution in [0.5, 0.6) is 11.5 Å². The Hall–Kier alpha value is -4.40. The number of nitrogens with zero attached hydrogens (tertiary/aromatic N) is 4. The second kappa shape index (κ2) is 10.9. The zero-order valence-electron chi connectivity index (χ0n) is 22.6. The highest BCUT2D eigenvalue weighted by atomic mass is 16.5. The van der Waals surface area contributed by atoms with E-state index < -0.39 is 11.6 Å². The predicted octanol–water partition coefficient (Wildman–Crippen LogP) is 4.45. The maximum atomic E-state index is 14.2. The van der Waals surface area contributed by atoms with Crippen LogP contribution in [0.15, 0.2) is 66.7 Å². The minimum atomic E-state index is -1.03. The number of methoxy groups -OCH3 is 2. The van der Waals surface area contributed by atoms with Crippen molar-refractivity contribution in [1.82, 2.24) is 20.3 Å². The fraction of sp³-hybridized carbons (Fsp3) is 0.310. The van der Waals surface area contributed by atoms with Crippen LogP contribution in [-0.4, -0.2) is 46.6 Å². The summed E-state index contributed by atoms with van der Waals surface area (Å²) in [6.07, 6.45) is 0.